The maximum Gasteiger partial charge on any atom is 0.0485 e. The summed E-state index contributed by atoms with van der Waals surface area (Å²) in [5.41, 5.74) is 7.07. The van der Waals surface area contributed by atoms with Crippen molar-refractivity contribution in [2.75, 3.05) is 40.3 Å². The molecule has 0 spiro atoms. The first-order chi connectivity index (χ1) is 10.0. The molecule has 1 unspecified atom stereocenters. The quantitative estimate of drug-likeness (QED) is 0.899. The zero-order valence-electron chi connectivity index (χ0n) is 12.9. The summed E-state index contributed by atoms with van der Waals surface area (Å²) < 4.78 is 0. The molecule has 1 heterocycles. The van der Waals surface area contributed by atoms with Crippen molar-refractivity contribution in [3.63, 3.8) is 0 Å². The zero-order valence-corrected chi connectivity index (χ0v) is 14.4. The van der Waals surface area contributed by atoms with E-state index in [4.69, 9.17) is 28.9 Å². The lowest BCUT2D eigenvalue weighted by Gasteiger charge is -2.38. The van der Waals surface area contributed by atoms with Crippen LogP contribution in [0.4, 0.5) is 0 Å². The van der Waals surface area contributed by atoms with E-state index < -0.39 is 0 Å². The first kappa shape index (κ1) is 17.0. The second kappa shape index (κ2) is 7.80. The average Bonchev–Trinajstić information content (AvgIpc) is 2.44. The predicted octanol–water partition coefficient (Wildman–Crippen LogP) is 3.27. The smallest absolute Gasteiger partial charge is 0.0485 e. The van der Waals surface area contributed by atoms with Gasteiger partial charge in [0, 0.05) is 29.2 Å². The molecule has 0 aromatic heterocycles. The lowest BCUT2D eigenvalue weighted by molar-refractivity contribution is 0.122. The third-order valence-corrected chi connectivity index (χ3v) is 4.83. The number of likely N-dealkylation sites (tertiary alicyclic amines) is 1. The van der Waals surface area contributed by atoms with E-state index >= 15 is 0 Å². The minimum Gasteiger partial charge on any atom is -0.329 e. The van der Waals surface area contributed by atoms with E-state index in [1.54, 1.807) is 0 Å². The molecule has 5 heteroatoms. The Morgan fingerprint density at radius 1 is 1.29 bits per heavy atom. The van der Waals surface area contributed by atoms with Gasteiger partial charge in [-0.15, -0.1) is 0 Å². The fourth-order valence-electron chi connectivity index (χ4n) is 3.21. The normalized spacial score (nSPS) is 19.1. The van der Waals surface area contributed by atoms with Crippen LogP contribution in [0.5, 0.6) is 0 Å². The molecule has 1 atom stereocenters. The fourth-order valence-corrected chi connectivity index (χ4v) is 3.63. The molecule has 0 saturated carbocycles. The lowest BCUT2D eigenvalue weighted by atomic mass is 9.94. The highest BCUT2D eigenvalue weighted by molar-refractivity contribution is 6.33. The highest BCUT2D eigenvalue weighted by Gasteiger charge is 2.26. The molecule has 0 bridgehead atoms. The number of benzene rings is 1. The molecule has 0 amide bonds. The van der Waals surface area contributed by atoms with E-state index in [9.17, 15) is 0 Å². The van der Waals surface area contributed by atoms with Crippen molar-refractivity contribution in [3.8, 4) is 0 Å². The van der Waals surface area contributed by atoms with E-state index in [0.29, 0.717) is 6.54 Å². The molecule has 118 valence electrons. The van der Waals surface area contributed by atoms with Gasteiger partial charge in [-0.3, -0.25) is 4.90 Å². The van der Waals surface area contributed by atoms with Crippen molar-refractivity contribution in [1.82, 2.24) is 9.80 Å². The topological polar surface area (TPSA) is 32.5 Å². The molecule has 1 aromatic rings. The Morgan fingerprint density at radius 3 is 2.52 bits per heavy atom. The van der Waals surface area contributed by atoms with Gasteiger partial charge in [-0.1, -0.05) is 23.2 Å². The van der Waals surface area contributed by atoms with Gasteiger partial charge < -0.3 is 10.6 Å². The molecule has 1 fully saturated rings. The van der Waals surface area contributed by atoms with Crippen molar-refractivity contribution in [2.45, 2.75) is 18.9 Å². The van der Waals surface area contributed by atoms with Crippen molar-refractivity contribution in [1.29, 1.82) is 0 Å². The van der Waals surface area contributed by atoms with Gasteiger partial charge in [-0.05, 0) is 69.7 Å². The molecule has 0 aliphatic carbocycles. The number of hydrogen-bond donors (Lipinski definition) is 1. The van der Waals surface area contributed by atoms with Crippen molar-refractivity contribution in [2.24, 2.45) is 11.7 Å². The summed E-state index contributed by atoms with van der Waals surface area (Å²) >= 11 is 12.5. The molecule has 1 aliphatic heterocycles. The van der Waals surface area contributed by atoms with Crippen molar-refractivity contribution >= 4 is 23.2 Å². The zero-order chi connectivity index (χ0) is 15.4. The van der Waals surface area contributed by atoms with E-state index in [1.165, 1.54) is 19.4 Å². The number of nitrogens with zero attached hydrogens (tertiary/aromatic N) is 2. The van der Waals surface area contributed by atoms with Gasteiger partial charge >= 0.3 is 0 Å². The first-order valence-corrected chi connectivity index (χ1v) is 8.30. The van der Waals surface area contributed by atoms with Crippen LogP contribution in [0.3, 0.4) is 0 Å². The van der Waals surface area contributed by atoms with Crippen LogP contribution in [-0.4, -0.2) is 50.1 Å². The largest absolute Gasteiger partial charge is 0.329 e. The van der Waals surface area contributed by atoms with E-state index in [1.807, 2.05) is 18.2 Å². The third-order valence-electron chi connectivity index (χ3n) is 4.25. The molecule has 3 nitrogen and oxygen atoms in total. The molecule has 1 aromatic carbocycles. The number of piperidine rings is 1. The predicted molar refractivity (Wildman–Crippen MR) is 91.1 cm³/mol. The lowest BCUT2D eigenvalue weighted by Crippen LogP contribution is -2.41. The molecule has 1 aliphatic rings. The minimum atomic E-state index is 0.163. The van der Waals surface area contributed by atoms with Gasteiger partial charge in [0.05, 0.1) is 0 Å². The Balaban J connectivity index is 2.04. The van der Waals surface area contributed by atoms with Crippen LogP contribution in [0.15, 0.2) is 18.2 Å². The molecule has 2 rings (SSSR count). The number of halogens is 2. The molecular weight excluding hydrogens is 305 g/mol. The van der Waals surface area contributed by atoms with Crippen LogP contribution in [0, 0.1) is 5.92 Å². The van der Waals surface area contributed by atoms with Gasteiger partial charge in [0.25, 0.3) is 0 Å². The number of hydrogen-bond acceptors (Lipinski definition) is 3. The fraction of sp³-hybridized carbons (Fsp3) is 0.625. The van der Waals surface area contributed by atoms with Crippen LogP contribution in [0.1, 0.15) is 24.4 Å². The second-order valence-electron chi connectivity index (χ2n) is 6.16. The first-order valence-electron chi connectivity index (χ1n) is 7.55. The molecule has 2 N–H and O–H groups in total. The van der Waals surface area contributed by atoms with Crippen molar-refractivity contribution in [3.05, 3.63) is 33.8 Å². The summed E-state index contributed by atoms with van der Waals surface area (Å²) in [5.74, 6) is 0.782. The van der Waals surface area contributed by atoms with E-state index in [0.717, 1.165) is 34.6 Å². The highest BCUT2D eigenvalue weighted by Crippen LogP contribution is 2.32. The van der Waals surface area contributed by atoms with Gasteiger partial charge in [0.2, 0.25) is 0 Å². The standard InChI is InChI=1S/C16H25Cl2N3/c1-20(2)11-12-5-7-21(8-6-12)16(10-19)14-9-13(17)3-4-15(14)18/h3-4,9,12,16H,5-8,10-11,19H2,1-2H3. The Morgan fingerprint density at radius 2 is 1.95 bits per heavy atom. The van der Waals surface area contributed by atoms with Crippen molar-refractivity contribution < 1.29 is 0 Å². The van der Waals surface area contributed by atoms with Gasteiger partial charge in [0.15, 0.2) is 0 Å². The van der Waals surface area contributed by atoms with Gasteiger partial charge in [0.1, 0.15) is 0 Å². The van der Waals surface area contributed by atoms with Crippen LogP contribution >= 0.6 is 23.2 Å². The van der Waals surface area contributed by atoms with Crippen LogP contribution in [0.25, 0.3) is 0 Å². The Bertz CT molecular complexity index is 457. The summed E-state index contributed by atoms with van der Waals surface area (Å²) in [4.78, 5) is 4.72. The van der Waals surface area contributed by atoms with Crippen LogP contribution in [-0.2, 0) is 0 Å². The summed E-state index contributed by atoms with van der Waals surface area (Å²) in [7, 11) is 4.28. The Labute approximate surface area is 138 Å². The average molecular weight is 330 g/mol. The summed E-state index contributed by atoms with van der Waals surface area (Å²) in [5, 5.41) is 1.47. The second-order valence-corrected chi connectivity index (χ2v) is 7.00. The monoisotopic (exact) mass is 329 g/mol. The molecular formula is C16H25Cl2N3. The Kier molecular flexibility index (Phi) is 6.33. The molecule has 0 radical (unpaired) electrons. The van der Waals surface area contributed by atoms with E-state index in [-0.39, 0.29) is 6.04 Å². The number of rotatable bonds is 5. The molecule has 1 saturated heterocycles. The summed E-state index contributed by atoms with van der Waals surface area (Å²) in [6, 6.07) is 5.80. The maximum absolute atomic E-state index is 6.34. The summed E-state index contributed by atoms with van der Waals surface area (Å²) in [6.45, 7) is 3.88. The Hall–Kier alpha value is -0.320. The van der Waals surface area contributed by atoms with E-state index in [2.05, 4.69) is 23.9 Å². The SMILES string of the molecule is CN(C)CC1CCN(C(CN)c2cc(Cl)ccc2Cl)CC1. The van der Waals surface area contributed by atoms with Gasteiger partial charge in [-0.2, -0.15) is 0 Å². The summed E-state index contributed by atoms with van der Waals surface area (Å²) in [6.07, 6.45) is 2.43. The third kappa shape index (κ3) is 4.57. The highest BCUT2D eigenvalue weighted by atomic mass is 35.5. The van der Waals surface area contributed by atoms with Crippen LogP contribution in [0.2, 0.25) is 10.0 Å². The van der Waals surface area contributed by atoms with Gasteiger partial charge in [-0.25, -0.2) is 0 Å². The number of nitrogens with two attached hydrogens (primary N) is 1. The van der Waals surface area contributed by atoms with Crippen LogP contribution < -0.4 is 5.73 Å². The maximum atomic E-state index is 6.34. The molecule has 21 heavy (non-hydrogen) atoms. The minimum absolute atomic E-state index is 0.163.